The van der Waals surface area contributed by atoms with Crippen LogP contribution in [0.2, 0.25) is 5.02 Å². The molecule has 0 saturated carbocycles. The molecule has 0 atom stereocenters. The minimum atomic E-state index is 0.0866. The molecule has 0 unspecified atom stereocenters. The summed E-state index contributed by atoms with van der Waals surface area (Å²) in [4.78, 5) is 13.4. The van der Waals surface area contributed by atoms with Gasteiger partial charge in [-0.3, -0.25) is 4.79 Å². The standard InChI is InChI=1S/C14H11ClOS/c1-10(16)11-3-2-4-14(9-11)17-13-7-5-12(15)6-8-13/h2-9H,1H3. The summed E-state index contributed by atoms with van der Waals surface area (Å²) in [5.41, 5.74) is 0.740. The van der Waals surface area contributed by atoms with Crippen molar-refractivity contribution in [2.24, 2.45) is 0 Å². The highest BCUT2D eigenvalue weighted by Crippen LogP contribution is 2.29. The molecule has 0 aliphatic heterocycles. The summed E-state index contributed by atoms with van der Waals surface area (Å²) in [6.07, 6.45) is 0. The molecule has 0 heterocycles. The third-order valence-electron chi connectivity index (χ3n) is 2.29. The Balaban J connectivity index is 2.21. The van der Waals surface area contributed by atoms with Crippen molar-refractivity contribution in [1.29, 1.82) is 0 Å². The highest BCUT2D eigenvalue weighted by Gasteiger charge is 2.02. The van der Waals surface area contributed by atoms with Gasteiger partial charge < -0.3 is 0 Å². The molecule has 0 aliphatic rings. The van der Waals surface area contributed by atoms with Crippen LogP contribution in [0.15, 0.2) is 58.3 Å². The van der Waals surface area contributed by atoms with E-state index < -0.39 is 0 Å². The highest BCUT2D eigenvalue weighted by atomic mass is 35.5. The molecule has 1 nitrogen and oxygen atoms in total. The predicted molar refractivity (Wildman–Crippen MR) is 72.0 cm³/mol. The van der Waals surface area contributed by atoms with Crippen LogP contribution in [0, 0.1) is 0 Å². The third-order valence-corrected chi connectivity index (χ3v) is 3.54. The summed E-state index contributed by atoms with van der Waals surface area (Å²) in [5.74, 6) is 0.0866. The predicted octanol–water partition coefficient (Wildman–Crippen LogP) is 4.69. The average molecular weight is 263 g/mol. The molecule has 0 fully saturated rings. The smallest absolute Gasteiger partial charge is 0.159 e. The summed E-state index contributed by atoms with van der Waals surface area (Å²) in [6, 6.07) is 15.3. The first-order valence-corrected chi connectivity index (χ1v) is 6.39. The molecule has 0 radical (unpaired) electrons. The van der Waals surface area contributed by atoms with Gasteiger partial charge in [-0.1, -0.05) is 35.5 Å². The normalized spacial score (nSPS) is 10.2. The van der Waals surface area contributed by atoms with Crippen molar-refractivity contribution in [3.8, 4) is 0 Å². The maximum Gasteiger partial charge on any atom is 0.159 e. The minimum absolute atomic E-state index is 0.0866. The van der Waals surface area contributed by atoms with E-state index in [9.17, 15) is 4.79 Å². The van der Waals surface area contributed by atoms with Gasteiger partial charge in [0.2, 0.25) is 0 Å². The molecule has 2 aromatic carbocycles. The van der Waals surface area contributed by atoms with Crippen LogP contribution in [0.1, 0.15) is 17.3 Å². The summed E-state index contributed by atoms with van der Waals surface area (Å²) < 4.78 is 0. The fraction of sp³-hybridized carbons (Fsp3) is 0.0714. The van der Waals surface area contributed by atoms with Gasteiger partial charge in [0.25, 0.3) is 0 Å². The van der Waals surface area contributed by atoms with Crippen LogP contribution in [-0.2, 0) is 0 Å². The van der Waals surface area contributed by atoms with Crippen LogP contribution >= 0.6 is 23.4 Å². The SMILES string of the molecule is CC(=O)c1cccc(Sc2ccc(Cl)cc2)c1. The van der Waals surface area contributed by atoms with Crippen molar-refractivity contribution in [2.45, 2.75) is 16.7 Å². The second-order valence-corrected chi connectivity index (χ2v) is 5.22. The van der Waals surface area contributed by atoms with Crippen molar-refractivity contribution in [3.63, 3.8) is 0 Å². The zero-order valence-electron chi connectivity index (χ0n) is 9.31. The number of hydrogen-bond acceptors (Lipinski definition) is 2. The molecule has 17 heavy (non-hydrogen) atoms. The number of hydrogen-bond donors (Lipinski definition) is 0. The Morgan fingerprint density at radius 3 is 2.41 bits per heavy atom. The van der Waals surface area contributed by atoms with Gasteiger partial charge >= 0.3 is 0 Å². The fourth-order valence-corrected chi connectivity index (χ4v) is 2.42. The number of benzene rings is 2. The molecule has 0 saturated heterocycles. The van der Waals surface area contributed by atoms with E-state index in [4.69, 9.17) is 11.6 Å². The Labute approximate surface area is 110 Å². The maximum atomic E-state index is 11.3. The van der Waals surface area contributed by atoms with E-state index in [2.05, 4.69) is 0 Å². The lowest BCUT2D eigenvalue weighted by Gasteiger charge is -2.03. The van der Waals surface area contributed by atoms with E-state index in [0.29, 0.717) is 0 Å². The Kier molecular flexibility index (Phi) is 3.87. The third kappa shape index (κ3) is 3.35. The molecule has 0 N–H and O–H groups in total. The van der Waals surface area contributed by atoms with Gasteiger partial charge in [0.1, 0.15) is 0 Å². The number of carbonyl (C=O) groups is 1. The van der Waals surface area contributed by atoms with E-state index in [1.165, 1.54) is 0 Å². The minimum Gasteiger partial charge on any atom is -0.295 e. The molecule has 86 valence electrons. The Hall–Kier alpha value is -1.25. The first-order valence-electron chi connectivity index (χ1n) is 5.19. The summed E-state index contributed by atoms with van der Waals surface area (Å²) in [7, 11) is 0. The molecule has 0 aliphatic carbocycles. The van der Waals surface area contributed by atoms with Crippen LogP contribution in [-0.4, -0.2) is 5.78 Å². The Morgan fingerprint density at radius 1 is 1.06 bits per heavy atom. The Morgan fingerprint density at radius 2 is 1.76 bits per heavy atom. The summed E-state index contributed by atoms with van der Waals surface area (Å²) in [5, 5.41) is 0.729. The summed E-state index contributed by atoms with van der Waals surface area (Å²) >= 11 is 7.44. The molecule has 0 spiro atoms. The van der Waals surface area contributed by atoms with Crippen molar-refractivity contribution in [3.05, 3.63) is 59.1 Å². The van der Waals surface area contributed by atoms with E-state index in [1.807, 2.05) is 48.5 Å². The van der Waals surface area contributed by atoms with Gasteiger partial charge in [0.05, 0.1) is 0 Å². The molecule has 2 aromatic rings. The zero-order chi connectivity index (χ0) is 12.3. The fourth-order valence-electron chi connectivity index (χ4n) is 1.42. The lowest BCUT2D eigenvalue weighted by Crippen LogP contribution is -1.90. The van der Waals surface area contributed by atoms with Gasteiger partial charge in [-0.15, -0.1) is 0 Å². The van der Waals surface area contributed by atoms with Gasteiger partial charge in [-0.05, 0) is 43.3 Å². The molecular formula is C14H11ClOS. The van der Waals surface area contributed by atoms with Gasteiger partial charge in [0, 0.05) is 20.4 Å². The van der Waals surface area contributed by atoms with Gasteiger partial charge in [0.15, 0.2) is 5.78 Å². The van der Waals surface area contributed by atoms with E-state index in [0.717, 1.165) is 20.4 Å². The number of rotatable bonds is 3. The monoisotopic (exact) mass is 262 g/mol. The largest absolute Gasteiger partial charge is 0.295 e. The van der Waals surface area contributed by atoms with Crippen LogP contribution in [0.4, 0.5) is 0 Å². The number of ketones is 1. The van der Waals surface area contributed by atoms with Crippen LogP contribution in [0.5, 0.6) is 0 Å². The second-order valence-electron chi connectivity index (χ2n) is 3.64. The van der Waals surface area contributed by atoms with E-state index >= 15 is 0 Å². The van der Waals surface area contributed by atoms with Crippen LogP contribution in [0.25, 0.3) is 0 Å². The molecule has 2 rings (SSSR count). The maximum absolute atomic E-state index is 11.3. The van der Waals surface area contributed by atoms with Crippen molar-refractivity contribution in [1.82, 2.24) is 0 Å². The molecule has 0 bridgehead atoms. The number of carbonyl (C=O) groups excluding carboxylic acids is 1. The number of Topliss-reactive ketones (excluding diaryl/α,β-unsaturated/α-hetero) is 1. The highest BCUT2D eigenvalue weighted by molar-refractivity contribution is 7.99. The first kappa shape index (κ1) is 12.2. The van der Waals surface area contributed by atoms with Crippen molar-refractivity contribution in [2.75, 3.05) is 0 Å². The molecular weight excluding hydrogens is 252 g/mol. The lowest BCUT2D eigenvalue weighted by molar-refractivity contribution is 0.101. The second kappa shape index (κ2) is 5.39. The van der Waals surface area contributed by atoms with E-state index in [1.54, 1.807) is 18.7 Å². The topological polar surface area (TPSA) is 17.1 Å². The van der Waals surface area contributed by atoms with Crippen LogP contribution in [0.3, 0.4) is 0 Å². The Bertz CT molecular complexity index is 534. The zero-order valence-corrected chi connectivity index (χ0v) is 10.9. The molecule has 0 aromatic heterocycles. The molecule has 0 amide bonds. The van der Waals surface area contributed by atoms with Crippen molar-refractivity contribution < 1.29 is 4.79 Å². The van der Waals surface area contributed by atoms with Gasteiger partial charge in [-0.25, -0.2) is 0 Å². The van der Waals surface area contributed by atoms with E-state index in [-0.39, 0.29) is 5.78 Å². The molecule has 3 heteroatoms. The number of halogens is 1. The lowest BCUT2D eigenvalue weighted by atomic mass is 10.2. The van der Waals surface area contributed by atoms with Gasteiger partial charge in [-0.2, -0.15) is 0 Å². The van der Waals surface area contributed by atoms with Crippen molar-refractivity contribution >= 4 is 29.1 Å². The summed E-state index contributed by atoms with van der Waals surface area (Å²) in [6.45, 7) is 1.58. The first-order chi connectivity index (χ1) is 8.15. The average Bonchev–Trinajstić information content (AvgIpc) is 2.32. The quantitative estimate of drug-likeness (QED) is 0.746. The van der Waals surface area contributed by atoms with Crippen LogP contribution < -0.4 is 0 Å².